The molecule has 1 aromatic carbocycles. The van der Waals surface area contributed by atoms with Gasteiger partial charge in [-0.15, -0.1) is 0 Å². The van der Waals surface area contributed by atoms with E-state index in [4.69, 9.17) is 4.52 Å². The molecule has 7 heteroatoms. The van der Waals surface area contributed by atoms with E-state index >= 15 is 0 Å². The van der Waals surface area contributed by atoms with Crippen LogP contribution in [0.5, 0.6) is 0 Å². The van der Waals surface area contributed by atoms with Crippen LogP contribution in [0.3, 0.4) is 0 Å². The van der Waals surface area contributed by atoms with Crippen LogP contribution in [0.2, 0.25) is 0 Å². The predicted molar refractivity (Wildman–Crippen MR) is 81.2 cm³/mol. The first-order valence-corrected chi connectivity index (χ1v) is 7.77. The van der Waals surface area contributed by atoms with Gasteiger partial charge in [0.2, 0.25) is 0 Å². The Morgan fingerprint density at radius 3 is 2.62 bits per heavy atom. The molecule has 24 heavy (non-hydrogen) atoms. The first-order chi connectivity index (χ1) is 11.3. The van der Waals surface area contributed by atoms with E-state index in [1.807, 2.05) is 4.90 Å². The van der Waals surface area contributed by atoms with Crippen LogP contribution in [0.1, 0.15) is 40.6 Å². The fourth-order valence-electron chi connectivity index (χ4n) is 3.35. The summed E-state index contributed by atoms with van der Waals surface area (Å²) in [6, 6.07) is 5.08. The zero-order valence-corrected chi connectivity index (χ0v) is 13.5. The molecule has 1 aromatic heterocycles. The molecular formula is C17H19F3N2O2. The van der Waals surface area contributed by atoms with Crippen molar-refractivity contribution in [3.05, 3.63) is 52.4 Å². The van der Waals surface area contributed by atoms with Crippen molar-refractivity contribution in [2.24, 2.45) is 0 Å². The van der Waals surface area contributed by atoms with Gasteiger partial charge in [-0.05, 0) is 31.9 Å². The Morgan fingerprint density at radius 1 is 1.29 bits per heavy atom. The number of aliphatic hydroxyl groups is 1. The molecule has 0 spiro atoms. The molecule has 0 amide bonds. The minimum absolute atomic E-state index is 0.202. The monoisotopic (exact) mass is 340 g/mol. The van der Waals surface area contributed by atoms with E-state index in [-0.39, 0.29) is 12.0 Å². The van der Waals surface area contributed by atoms with Crippen LogP contribution in [0, 0.1) is 13.8 Å². The van der Waals surface area contributed by atoms with Crippen LogP contribution in [-0.2, 0) is 12.7 Å². The summed E-state index contributed by atoms with van der Waals surface area (Å²) in [7, 11) is 0. The number of nitrogens with zero attached hydrogens (tertiary/aromatic N) is 2. The SMILES string of the molecule is Cc1noc(C)c1CN1C[C@H](O)C[C@H]1c1ccccc1C(F)(F)F. The summed E-state index contributed by atoms with van der Waals surface area (Å²) in [5, 5.41) is 13.9. The Labute approximate surface area is 137 Å². The second-order valence-corrected chi connectivity index (χ2v) is 6.22. The first kappa shape index (κ1) is 17.0. The van der Waals surface area contributed by atoms with Gasteiger partial charge in [0.25, 0.3) is 0 Å². The summed E-state index contributed by atoms with van der Waals surface area (Å²) < 4.78 is 45.1. The van der Waals surface area contributed by atoms with Crippen LogP contribution in [0.15, 0.2) is 28.8 Å². The molecule has 1 aliphatic heterocycles. The number of alkyl halides is 3. The number of benzene rings is 1. The molecule has 2 heterocycles. The van der Waals surface area contributed by atoms with E-state index in [1.54, 1.807) is 19.9 Å². The van der Waals surface area contributed by atoms with Crippen LogP contribution in [-0.4, -0.2) is 27.8 Å². The normalized spacial score (nSPS) is 22.2. The van der Waals surface area contributed by atoms with Gasteiger partial charge < -0.3 is 9.63 Å². The molecule has 4 nitrogen and oxygen atoms in total. The van der Waals surface area contributed by atoms with Crippen molar-refractivity contribution in [2.75, 3.05) is 6.54 Å². The second kappa shape index (κ2) is 6.22. The third-order valence-corrected chi connectivity index (χ3v) is 4.55. The highest BCUT2D eigenvalue weighted by Crippen LogP contribution is 2.41. The van der Waals surface area contributed by atoms with E-state index in [0.29, 0.717) is 18.8 Å². The average molecular weight is 340 g/mol. The third kappa shape index (κ3) is 3.18. The summed E-state index contributed by atoms with van der Waals surface area (Å²) in [6.45, 7) is 4.30. The van der Waals surface area contributed by atoms with E-state index < -0.39 is 23.9 Å². The van der Waals surface area contributed by atoms with Crippen molar-refractivity contribution >= 4 is 0 Å². The van der Waals surface area contributed by atoms with Gasteiger partial charge in [0.15, 0.2) is 0 Å². The van der Waals surface area contributed by atoms with Crippen molar-refractivity contribution < 1.29 is 22.8 Å². The summed E-state index contributed by atoms with van der Waals surface area (Å²) in [6.07, 6.45) is -4.80. The molecular weight excluding hydrogens is 321 g/mol. The Morgan fingerprint density at radius 2 is 2.00 bits per heavy atom. The zero-order chi connectivity index (χ0) is 17.5. The number of β-amino-alcohol motifs (C(OH)–C–C–N with tert-alkyl or cyclic N) is 1. The molecule has 1 aliphatic rings. The van der Waals surface area contributed by atoms with Gasteiger partial charge in [-0.1, -0.05) is 23.4 Å². The zero-order valence-electron chi connectivity index (χ0n) is 13.5. The lowest BCUT2D eigenvalue weighted by Crippen LogP contribution is -2.26. The van der Waals surface area contributed by atoms with Crippen LogP contribution >= 0.6 is 0 Å². The van der Waals surface area contributed by atoms with Crippen LogP contribution in [0.4, 0.5) is 13.2 Å². The lowest BCUT2D eigenvalue weighted by Gasteiger charge is -2.26. The van der Waals surface area contributed by atoms with Gasteiger partial charge in [-0.3, -0.25) is 4.90 Å². The van der Waals surface area contributed by atoms with Crippen molar-refractivity contribution in [1.82, 2.24) is 10.1 Å². The maximum absolute atomic E-state index is 13.3. The number of hydrogen-bond acceptors (Lipinski definition) is 4. The number of likely N-dealkylation sites (tertiary alicyclic amines) is 1. The lowest BCUT2D eigenvalue weighted by molar-refractivity contribution is -0.138. The number of aliphatic hydroxyl groups excluding tert-OH is 1. The topological polar surface area (TPSA) is 49.5 Å². The Hall–Kier alpha value is -1.86. The minimum Gasteiger partial charge on any atom is -0.392 e. The molecule has 1 fully saturated rings. The van der Waals surface area contributed by atoms with Gasteiger partial charge in [0.05, 0.1) is 17.4 Å². The molecule has 0 radical (unpaired) electrons. The fourth-order valence-corrected chi connectivity index (χ4v) is 3.35. The predicted octanol–water partition coefficient (Wildman–Crippen LogP) is 3.62. The Kier molecular flexibility index (Phi) is 4.40. The van der Waals surface area contributed by atoms with Gasteiger partial charge in [0, 0.05) is 24.7 Å². The molecule has 0 bridgehead atoms. The highest BCUT2D eigenvalue weighted by molar-refractivity contribution is 5.34. The van der Waals surface area contributed by atoms with E-state index in [2.05, 4.69) is 5.16 Å². The highest BCUT2D eigenvalue weighted by atomic mass is 19.4. The Bertz CT molecular complexity index is 707. The third-order valence-electron chi connectivity index (χ3n) is 4.55. The summed E-state index contributed by atoms with van der Waals surface area (Å²) in [5.74, 6) is 0.650. The summed E-state index contributed by atoms with van der Waals surface area (Å²) in [5.41, 5.74) is 1.14. The quantitative estimate of drug-likeness (QED) is 0.927. The maximum Gasteiger partial charge on any atom is 0.416 e. The summed E-state index contributed by atoms with van der Waals surface area (Å²) in [4.78, 5) is 1.86. The average Bonchev–Trinajstić information content (AvgIpc) is 3.03. The molecule has 1 N–H and O–H groups in total. The van der Waals surface area contributed by atoms with E-state index in [1.165, 1.54) is 12.1 Å². The fraction of sp³-hybridized carbons (Fsp3) is 0.471. The number of aromatic nitrogens is 1. The van der Waals surface area contributed by atoms with Crippen molar-refractivity contribution in [1.29, 1.82) is 0 Å². The molecule has 130 valence electrons. The lowest BCUT2D eigenvalue weighted by atomic mass is 9.97. The van der Waals surface area contributed by atoms with E-state index in [9.17, 15) is 18.3 Å². The van der Waals surface area contributed by atoms with E-state index in [0.717, 1.165) is 17.3 Å². The number of hydrogen-bond donors (Lipinski definition) is 1. The van der Waals surface area contributed by atoms with Gasteiger partial charge in [0.1, 0.15) is 5.76 Å². The minimum atomic E-state index is -4.42. The van der Waals surface area contributed by atoms with Crippen LogP contribution < -0.4 is 0 Å². The highest BCUT2D eigenvalue weighted by Gasteiger charge is 2.40. The van der Waals surface area contributed by atoms with Gasteiger partial charge in [-0.2, -0.15) is 13.2 Å². The second-order valence-electron chi connectivity index (χ2n) is 6.22. The summed E-state index contributed by atoms with van der Waals surface area (Å²) >= 11 is 0. The van der Waals surface area contributed by atoms with Crippen molar-refractivity contribution in [2.45, 2.75) is 45.1 Å². The molecule has 2 atom stereocenters. The smallest absolute Gasteiger partial charge is 0.392 e. The van der Waals surface area contributed by atoms with Crippen LogP contribution in [0.25, 0.3) is 0 Å². The molecule has 0 saturated carbocycles. The largest absolute Gasteiger partial charge is 0.416 e. The molecule has 0 unspecified atom stereocenters. The maximum atomic E-state index is 13.3. The standard InChI is InChI=1S/C17H19F3N2O2/c1-10-14(11(2)24-21-10)9-22-8-12(23)7-16(22)13-5-3-4-6-15(13)17(18,19)20/h3-6,12,16,23H,7-9H2,1-2H3/t12-,16+/m1/s1. The number of rotatable bonds is 3. The molecule has 2 aromatic rings. The number of aryl methyl sites for hydroxylation is 2. The molecule has 0 aliphatic carbocycles. The number of halogens is 3. The van der Waals surface area contributed by atoms with Gasteiger partial charge in [-0.25, -0.2) is 0 Å². The van der Waals surface area contributed by atoms with Gasteiger partial charge >= 0.3 is 6.18 Å². The molecule has 3 rings (SSSR count). The first-order valence-electron chi connectivity index (χ1n) is 7.77. The van der Waals surface area contributed by atoms with Crippen molar-refractivity contribution in [3.63, 3.8) is 0 Å². The van der Waals surface area contributed by atoms with Crippen molar-refractivity contribution in [3.8, 4) is 0 Å². The Balaban J connectivity index is 1.95. The molecule has 1 saturated heterocycles.